The van der Waals surface area contributed by atoms with Gasteiger partial charge in [0.2, 0.25) is 0 Å². The standard InChI is InChI=1S/C17H20N6O2/c1-5-17(7-24)11(2)12(6-13(17)25)23-10-20-14-15(21-9-22(3)4)18-8-19-16(14)23/h1,8-10,12-13,24-25H,2,6-7H2,3-4H3/b21-9+/t12-,13-,17-/m0/s1. The number of aliphatic hydroxyl groups is 2. The van der Waals surface area contributed by atoms with Crippen LogP contribution >= 0.6 is 0 Å². The van der Waals surface area contributed by atoms with Crippen molar-refractivity contribution in [3.63, 3.8) is 0 Å². The van der Waals surface area contributed by atoms with Crippen molar-refractivity contribution in [2.75, 3.05) is 20.7 Å². The fraction of sp³-hybridized carbons (Fsp3) is 0.412. The van der Waals surface area contributed by atoms with E-state index in [1.807, 2.05) is 14.1 Å². The Hall–Kier alpha value is -2.76. The maximum absolute atomic E-state index is 10.4. The maximum Gasteiger partial charge on any atom is 0.184 e. The van der Waals surface area contributed by atoms with Crippen LogP contribution in [-0.2, 0) is 0 Å². The molecule has 2 heterocycles. The van der Waals surface area contributed by atoms with Crippen molar-refractivity contribution in [2.45, 2.75) is 18.6 Å². The zero-order valence-corrected chi connectivity index (χ0v) is 14.2. The summed E-state index contributed by atoms with van der Waals surface area (Å²) in [7, 11) is 3.72. The van der Waals surface area contributed by atoms with Gasteiger partial charge < -0.3 is 19.7 Å². The zero-order valence-electron chi connectivity index (χ0n) is 14.2. The van der Waals surface area contributed by atoms with E-state index < -0.39 is 11.5 Å². The number of fused-ring (bicyclic) bond motifs is 1. The van der Waals surface area contributed by atoms with Crippen molar-refractivity contribution < 1.29 is 10.2 Å². The highest BCUT2D eigenvalue weighted by Crippen LogP contribution is 2.48. The number of nitrogens with zero attached hydrogens (tertiary/aromatic N) is 6. The minimum Gasteiger partial charge on any atom is -0.394 e. The molecular formula is C17H20N6O2. The number of imidazole rings is 1. The Morgan fingerprint density at radius 3 is 2.88 bits per heavy atom. The van der Waals surface area contributed by atoms with Gasteiger partial charge in [0.1, 0.15) is 11.7 Å². The van der Waals surface area contributed by atoms with Gasteiger partial charge in [-0.15, -0.1) is 6.42 Å². The lowest BCUT2D eigenvalue weighted by Gasteiger charge is -2.26. The topological polar surface area (TPSA) is 99.7 Å². The number of aliphatic imine (C=N–C) groups is 1. The van der Waals surface area contributed by atoms with Crippen LogP contribution in [0.3, 0.4) is 0 Å². The van der Waals surface area contributed by atoms with E-state index in [0.29, 0.717) is 29.0 Å². The van der Waals surface area contributed by atoms with Crippen LogP contribution in [0.5, 0.6) is 0 Å². The van der Waals surface area contributed by atoms with Gasteiger partial charge >= 0.3 is 0 Å². The first kappa shape index (κ1) is 17.1. The number of aliphatic hydroxyl groups excluding tert-OH is 2. The SMILES string of the molecule is C#C[C@]1(CO)C(=C)[C@@H](n2cnc3c(/N=C/N(C)C)ncnc32)C[C@@H]1O. The third-order valence-corrected chi connectivity index (χ3v) is 4.58. The minimum absolute atomic E-state index is 0.316. The molecule has 3 rings (SSSR count). The monoisotopic (exact) mass is 340 g/mol. The molecule has 25 heavy (non-hydrogen) atoms. The molecule has 0 aliphatic heterocycles. The molecule has 0 aromatic carbocycles. The Balaban J connectivity index is 2.06. The van der Waals surface area contributed by atoms with Crippen LogP contribution in [0.2, 0.25) is 0 Å². The lowest BCUT2D eigenvalue weighted by Crippen LogP contribution is -2.33. The molecule has 1 fully saturated rings. The van der Waals surface area contributed by atoms with Gasteiger partial charge in [0, 0.05) is 14.1 Å². The third-order valence-electron chi connectivity index (χ3n) is 4.58. The van der Waals surface area contributed by atoms with Gasteiger partial charge in [-0.25, -0.2) is 19.9 Å². The average Bonchev–Trinajstić information content (AvgIpc) is 3.13. The van der Waals surface area contributed by atoms with Crippen LogP contribution in [0.15, 0.2) is 29.8 Å². The molecule has 130 valence electrons. The molecular weight excluding hydrogens is 320 g/mol. The van der Waals surface area contributed by atoms with E-state index in [1.165, 1.54) is 6.33 Å². The van der Waals surface area contributed by atoms with Crippen molar-refractivity contribution >= 4 is 23.3 Å². The molecule has 2 N–H and O–H groups in total. The van der Waals surface area contributed by atoms with E-state index in [-0.39, 0.29) is 12.6 Å². The normalized spacial score (nSPS) is 26.4. The summed E-state index contributed by atoms with van der Waals surface area (Å²) in [6, 6.07) is -0.316. The van der Waals surface area contributed by atoms with Crippen LogP contribution in [0.1, 0.15) is 12.5 Å². The van der Waals surface area contributed by atoms with Crippen LogP contribution in [0.25, 0.3) is 11.2 Å². The molecule has 0 spiro atoms. The predicted molar refractivity (Wildman–Crippen MR) is 94.3 cm³/mol. The predicted octanol–water partition coefficient (Wildman–Crippen LogP) is 0.521. The summed E-state index contributed by atoms with van der Waals surface area (Å²) in [4.78, 5) is 18.9. The van der Waals surface area contributed by atoms with Crippen LogP contribution in [0, 0.1) is 17.8 Å². The zero-order chi connectivity index (χ0) is 18.2. The fourth-order valence-corrected chi connectivity index (χ4v) is 3.12. The van der Waals surface area contributed by atoms with Crippen molar-refractivity contribution in [1.29, 1.82) is 0 Å². The minimum atomic E-state index is -1.15. The first-order valence-corrected chi connectivity index (χ1v) is 7.78. The number of hydrogen-bond acceptors (Lipinski definition) is 6. The highest BCUT2D eigenvalue weighted by Gasteiger charge is 2.49. The highest BCUT2D eigenvalue weighted by molar-refractivity contribution is 5.83. The lowest BCUT2D eigenvalue weighted by atomic mass is 9.82. The highest BCUT2D eigenvalue weighted by atomic mass is 16.3. The Morgan fingerprint density at radius 1 is 1.52 bits per heavy atom. The molecule has 3 atom stereocenters. The van der Waals surface area contributed by atoms with Crippen LogP contribution in [0.4, 0.5) is 5.82 Å². The van der Waals surface area contributed by atoms with Gasteiger partial charge in [-0.05, 0) is 12.0 Å². The first-order valence-electron chi connectivity index (χ1n) is 7.78. The lowest BCUT2D eigenvalue weighted by molar-refractivity contribution is 0.0636. The summed E-state index contributed by atoms with van der Waals surface area (Å²) in [5.41, 5.74) is 0.538. The Kier molecular flexibility index (Phi) is 4.29. The van der Waals surface area contributed by atoms with Crippen LogP contribution in [-0.4, -0.2) is 67.8 Å². The summed E-state index contributed by atoms with van der Waals surface area (Å²) in [6.45, 7) is 3.67. The number of aromatic nitrogens is 4. The Bertz CT molecular complexity index is 881. The number of terminal acetylenes is 1. The fourth-order valence-electron chi connectivity index (χ4n) is 3.12. The summed E-state index contributed by atoms with van der Waals surface area (Å²) < 4.78 is 1.80. The van der Waals surface area contributed by atoms with E-state index in [9.17, 15) is 10.2 Å². The summed E-state index contributed by atoms with van der Waals surface area (Å²) in [6.07, 6.45) is 9.68. The second-order valence-electron chi connectivity index (χ2n) is 6.30. The van der Waals surface area contributed by atoms with Gasteiger partial charge in [0.15, 0.2) is 17.0 Å². The van der Waals surface area contributed by atoms with Gasteiger partial charge in [-0.2, -0.15) is 0 Å². The second kappa shape index (κ2) is 6.27. The van der Waals surface area contributed by atoms with E-state index >= 15 is 0 Å². The van der Waals surface area contributed by atoms with Gasteiger partial charge in [-0.1, -0.05) is 12.5 Å². The molecule has 2 aromatic heterocycles. The Labute approximate surface area is 145 Å². The Morgan fingerprint density at radius 2 is 2.28 bits per heavy atom. The molecule has 1 aliphatic carbocycles. The van der Waals surface area contributed by atoms with Gasteiger partial charge in [0.05, 0.1) is 31.4 Å². The molecule has 2 aromatic rings. The van der Waals surface area contributed by atoms with Crippen LogP contribution < -0.4 is 0 Å². The van der Waals surface area contributed by atoms with E-state index in [0.717, 1.165) is 0 Å². The molecule has 0 bridgehead atoms. The largest absolute Gasteiger partial charge is 0.394 e. The molecule has 8 heteroatoms. The van der Waals surface area contributed by atoms with Crippen molar-refractivity contribution in [2.24, 2.45) is 10.4 Å². The molecule has 0 saturated heterocycles. The van der Waals surface area contributed by atoms with Crippen molar-refractivity contribution in [3.8, 4) is 12.3 Å². The van der Waals surface area contributed by atoms with E-state index in [4.69, 9.17) is 6.42 Å². The summed E-state index contributed by atoms with van der Waals surface area (Å²) in [5, 5.41) is 20.1. The van der Waals surface area contributed by atoms with E-state index in [1.54, 1.807) is 22.1 Å². The first-order chi connectivity index (χ1) is 11.9. The molecule has 0 radical (unpaired) electrons. The molecule has 8 nitrogen and oxygen atoms in total. The number of hydrogen-bond donors (Lipinski definition) is 2. The summed E-state index contributed by atoms with van der Waals surface area (Å²) in [5.74, 6) is 2.97. The average molecular weight is 340 g/mol. The molecule has 0 amide bonds. The van der Waals surface area contributed by atoms with Crippen molar-refractivity contribution in [1.82, 2.24) is 24.4 Å². The smallest absolute Gasteiger partial charge is 0.184 e. The summed E-state index contributed by atoms with van der Waals surface area (Å²) >= 11 is 0. The van der Waals surface area contributed by atoms with Crippen molar-refractivity contribution in [3.05, 3.63) is 24.8 Å². The number of rotatable bonds is 4. The van der Waals surface area contributed by atoms with E-state index in [2.05, 4.69) is 32.4 Å². The molecule has 0 unspecified atom stereocenters. The quantitative estimate of drug-likeness (QED) is 0.364. The van der Waals surface area contributed by atoms with Gasteiger partial charge in [0.25, 0.3) is 0 Å². The third kappa shape index (κ3) is 2.58. The molecule has 1 aliphatic rings. The maximum atomic E-state index is 10.4. The molecule has 1 saturated carbocycles. The second-order valence-corrected chi connectivity index (χ2v) is 6.30. The van der Waals surface area contributed by atoms with Gasteiger partial charge in [-0.3, -0.25) is 0 Å².